The number of pyridine rings is 1. The van der Waals surface area contributed by atoms with Gasteiger partial charge in [0.25, 0.3) is 5.91 Å². The fourth-order valence-corrected chi connectivity index (χ4v) is 5.75. The molecule has 3 heterocycles. The minimum Gasteiger partial charge on any atom is -0.494 e. The van der Waals surface area contributed by atoms with E-state index in [0.717, 1.165) is 74.3 Å². The van der Waals surface area contributed by atoms with E-state index >= 15 is 0 Å². The van der Waals surface area contributed by atoms with Crippen LogP contribution >= 0.6 is 0 Å². The number of aryl methyl sites for hydroxylation is 1. The van der Waals surface area contributed by atoms with Crippen molar-refractivity contribution in [2.45, 2.75) is 44.4 Å². The Morgan fingerprint density at radius 1 is 1.19 bits per heavy atom. The highest BCUT2D eigenvalue weighted by atomic mass is 19.1. The van der Waals surface area contributed by atoms with Crippen LogP contribution in [-0.4, -0.2) is 46.5 Å². The molecule has 1 saturated carbocycles. The Labute approximate surface area is 215 Å². The number of amides is 2. The third kappa shape index (κ3) is 4.64. The van der Waals surface area contributed by atoms with Crippen LogP contribution in [0.4, 0.5) is 10.1 Å². The first-order valence-electron chi connectivity index (χ1n) is 12.7. The van der Waals surface area contributed by atoms with E-state index in [1.165, 1.54) is 12.1 Å². The summed E-state index contributed by atoms with van der Waals surface area (Å²) in [6.07, 6.45) is 9.62. The molecule has 1 N–H and O–H groups in total. The van der Waals surface area contributed by atoms with Crippen LogP contribution < -0.4 is 10.1 Å². The van der Waals surface area contributed by atoms with E-state index in [1.54, 1.807) is 19.4 Å². The molecular weight excluding hydrogens is 473 g/mol. The number of nitrogens with zero attached hydrogens (tertiary/aromatic N) is 4. The van der Waals surface area contributed by atoms with Gasteiger partial charge < -0.3 is 19.5 Å². The minimum atomic E-state index is -0.676. The Hall–Kier alpha value is -3.93. The van der Waals surface area contributed by atoms with Crippen molar-refractivity contribution in [2.24, 2.45) is 13.0 Å². The number of ether oxygens (including phenoxy) is 1. The van der Waals surface area contributed by atoms with Gasteiger partial charge in [0.15, 0.2) is 5.75 Å². The SMILES string of the molecule is COc1c(NC(=O)c2ccc(F)c(C#N)c2)cnc2c1c(C1CCN(C(=O)C3CCCC3)CC1)cn2C. The molecule has 1 aliphatic carbocycles. The van der Waals surface area contributed by atoms with Gasteiger partial charge in [0.05, 0.1) is 24.3 Å². The molecule has 0 spiro atoms. The van der Waals surface area contributed by atoms with Crippen molar-refractivity contribution < 1.29 is 18.7 Å². The topological polar surface area (TPSA) is 100 Å². The smallest absolute Gasteiger partial charge is 0.255 e. The first-order valence-corrected chi connectivity index (χ1v) is 12.7. The number of carbonyl (C=O) groups is 2. The van der Waals surface area contributed by atoms with E-state index in [9.17, 15) is 14.0 Å². The number of hydrogen-bond donors (Lipinski definition) is 1. The van der Waals surface area contributed by atoms with Gasteiger partial charge in [-0.3, -0.25) is 9.59 Å². The average molecular weight is 504 g/mol. The number of anilines is 1. The first kappa shape index (κ1) is 24.8. The lowest BCUT2D eigenvalue weighted by molar-refractivity contribution is -0.136. The van der Waals surface area contributed by atoms with E-state index in [-0.39, 0.29) is 23.0 Å². The second kappa shape index (κ2) is 10.2. The molecule has 37 heavy (non-hydrogen) atoms. The van der Waals surface area contributed by atoms with Crippen molar-refractivity contribution in [3.63, 3.8) is 0 Å². The lowest BCUT2D eigenvalue weighted by Gasteiger charge is -2.33. The Morgan fingerprint density at radius 3 is 2.59 bits per heavy atom. The summed E-state index contributed by atoms with van der Waals surface area (Å²) in [5.41, 5.74) is 2.18. The Morgan fingerprint density at radius 2 is 1.92 bits per heavy atom. The molecule has 1 aromatic carbocycles. The highest BCUT2D eigenvalue weighted by Gasteiger charge is 2.32. The van der Waals surface area contributed by atoms with Crippen LogP contribution in [0.1, 0.15) is 65.9 Å². The highest BCUT2D eigenvalue weighted by Crippen LogP contribution is 2.41. The maximum absolute atomic E-state index is 13.7. The zero-order chi connectivity index (χ0) is 26.1. The molecule has 2 aliphatic rings. The average Bonchev–Trinajstić information content (AvgIpc) is 3.57. The summed E-state index contributed by atoms with van der Waals surface area (Å²) in [4.78, 5) is 32.4. The van der Waals surface area contributed by atoms with Crippen molar-refractivity contribution in [1.29, 1.82) is 5.26 Å². The zero-order valence-electron chi connectivity index (χ0n) is 21.1. The van der Waals surface area contributed by atoms with Crippen LogP contribution in [0.3, 0.4) is 0 Å². The maximum atomic E-state index is 13.7. The number of aromatic nitrogens is 2. The van der Waals surface area contributed by atoms with Crippen LogP contribution in [0, 0.1) is 23.1 Å². The third-order valence-electron chi connectivity index (χ3n) is 7.72. The van der Waals surface area contributed by atoms with Crippen molar-refractivity contribution in [2.75, 3.05) is 25.5 Å². The number of halogens is 1. The van der Waals surface area contributed by atoms with E-state index in [1.807, 2.05) is 16.5 Å². The number of nitriles is 1. The summed E-state index contributed by atoms with van der Waals surface area (Å²) in [5, 5.41) is 12.7. The summed E-state index contributed by atoms with van der Waals surface area (Å²) < 4.78 is 21.5. The number of likely N-dealkylation sites (tertiary alicyclic amines) is 1. The van der Waals surface area contributed by atoms with E-state index in [0.29, 0.717) is 17.3 Å². The molecule has 0 unspecified atom stereocenters. The quantitative estimate of drug-likeness (QED) is 0.542. The van der Waals surface area contributed by atoms with Gasteiger partial charge in [-0.15, -0.1) is 0 Å². The molecule has 9 heteroatoms. The Bertz CT molecular complexity index is 1400. The van der Waals surface area contributed by atoms with Gasteiger partial charge in [0, 0.05) is 37.8 Å². The minimum absolute atomic E-state index is 0.160. The third-order valence-corrected chi connectivity index (χ3v) is 7.72. The molecule has 1 aliphatic heterocycles. The summed E-state index contributed by atoms with van der Waals surface area (Å²) in [5.74, 6) is 0.0551. The number of fused-ring (bicyclic) bond motifs is 1. The monoisotopic (exact) mass is 503 g/mol. The normalized spacial score (nSPS) is 16.6. The number of hydrogen-bond acceptors (Lipinski definition) is 5. The number of rotatable bonds is 5. The summed E-state index contributed by atoms with van der Waals surface area (Å²) in [6.45, 7) is 1.46. The van der Waals surface area contributed by atoms with Crippen LogP contribution in [0.2, 0.25) is 0 Å². The second-order valence-electron chi connectivity index (χ2n) is 9.94. The van der Waals surface area contributed by atoms with Crippen LogP contribution in [0.15, 0.2) is 30.6 Å². The van der Waals surface area contributed by atoms with Crippen molar-refractivity contribution in [3.8, 4) is 11.8 Å². The molecule has 2 fully saturated rings. The van der Waals surface area contributed by atoms with Gasteiger partial charge in [0.1, 0.15) is 23.2 Å². The van der Waals surface area contributed by atoms with Gasteiger partial charge in [-0.25, -0.2) is 9.37 Å². The second-order valence-corrected chi connectivity index (χ2v) is 9.94. The summed E-state index contributed by atoms with van der Waals surface area (Å²) in [7, 11) is 3.48. The molecule has 3 aromatic rings. The standard InChI is InChI=1S/C28H30FN5O3/c1-33-16-21(17-9-11-34(12-10-17)28(36)18-5-3-4-6-18)24-25(37-2)23(15-31-26(24)33)32-27(35)19-7-8-22(29)20(13-19)14-30/h7-8,13,15-18H,3-6,9-12H2,1-2H3,(H,32,35). The molecular formula is C28H30FN5O3. The Balaban J connectivity index is 1.40. The van der Waals surface area contributed by atoms with Crippen molar-refractivity contribution >= 4 is 28.5 Å². The highest BCUT2D eigenvalue weighted by molar-refractivity contribution is 6.07. The molecule has 5 rings (SSSR count). The van der Waals surface area contributed by atoms with Gasteiger partial charge in [-0.05, 0) is 55.4 Å². The number of carbonyl (C=O) groups excluding carboxylic acids is 2. The van der Waals surface area contributed by atoms with Gasteiger partial charge in [-0.1, -0.05) is 12.8 Å². The molecule has 1 saturated heterocycles. The molecule has 8 nitrogen and oxygen atoms in total. The van der Waals surface area contributed by atoms with Crippen molar-refractivity contribution in [1.82, 2.24) is 14.5 Å². The van der Waals surface area contributed by atoms with Gasteiger partial charge >= 0.3 is 0 Å². The first-order chi connectivity index (χ1) is 17.9. The molecule has 0 bridgehead atoms. The molecule has 2 amide bonds. The summed E-state index contributed by atoms with van der Waals surface area (Å²) in [6, 6.07) is 5.41. The van der Waals surface area contributed by atoms with Crippen molar-refractivity contribution in [3.05, 3.63) is 53.1 Å². The molecule has 192 valence electrons. The fourth-order valence-electron chi connectivity index (χ4n) is 5.75. The number of nitrogens with one attached hydrogen (secondary N) is 1. The number of methoxy groups -OCH3 is 1. The van der Waals surface area contributed by atoms with Crippen LogP contribution in [-0.2, 0) is 11.8 Å². The van der Waals surface area contributed by atoms with Gasteiger partial charge in [-0.2, -0.15) is 5.26 Å². The summed E-state index contributed by atoms with van der Waals surface area (Å²) >= 11 is 0. The lowest BCUT2D eigenvalue weighted by Crippen LogP contribution is -2.40. The molecule has 0 atom stereocenters. The van der Waals surface area contributed by atoms with E-state index in [4.69, 9.17) is 10.00 Å². The molecule has 0 radical (unpaired) electrons. The maximum Gasteiger partial charge on any atom is 0.255 e. The van der Waals surface area contributed by atoms with E-state index < -0.39 is 11.7 Å². The van der Waals surface area contributed by atoms with Crippen LogP contribution in [0.25, 0.3) is 11.0 Å². The van der Waals surface area contributed by atoms with Crippen LogP contribution in [0.5, 0.6) is 5.75 Å². The van der Waals surface area contributed by atoms with Gasteiger partial charge in [0.2, 0.25) is 5.91 Å². The predicted octanol–water partition coefficient (Wildman–Crippen LogP) is 4.74. The fraction of sp³-hybridized carbons (Fsp3) is 0.429. The molecule has 2 aromatic heterocycles. The zero-order valence-corrected chi connectivity index (χ0v) is 21.1. The number of piperidine rings is 1. The largest absolute Gasteiger partial charge is 0.494 e. The number of benzene rings is 1. The predicted molar refractivity (Wildman–Crippen MR) is 137 cm³/mol. The van der Waals surface area contributed by atoms with E-state index in [2.05, 4.69) is 16.5 Å². The lowest BCUT2D eigenvalue weighted by atomic mass is 9.88. The Kier molecular flexibility index (Phi) is 6.83.